The van der Waals surface area contributed by atoms with E-state index in [1.807, 2.05) is 6.07 Å². The Bertz CT molecular complexity index is 1090. The maximum absolute atomic E-state index is 13.1. The quantitative estimate of drug-likeness (QED) is 0.768. The molecule has 4 rings (SSSR count). The molecule has 0 atom stereocenters. The molecule has 0 saturated heterocycles. The van der Waals surface area contributed by atoms with Gasteiger partial charge in [0.15, 0.2) is 0 Å². The van der Waals surface area contributed by atoms with Crippen LogP contribution < -0.4 is 5.32 Å². The minimum Gasteiger partial charge on any atom is -0.321 e. The van der Waals surface area contributed by atoms with Crippen LogP contribution in [0.25, 0.3) is 11.3 Å². The molecular formula is C18H14FN3O3S. The number of aromatic nitrogens is 2. The number of amides is 1. The van der Waals surface area contributed by atoms with Crippen molar-refractivity contribution >= 4 is 21.4 Å². The van der Waals surface area contributed by atoms with Crippen molar-refractivity contribution in [2.75, 3.05) is 11.1 Å². The van der Waals surface area contributed by atoms with Crippen molar-refractivity contribution in [1.82, 2.24) is 9.55 Å². The smallest absolute Gasteiger partial charge is 0.274 e. The average Bonchev–Trinajstić information content (AvgIpc) is 3.16. The first kappa shape index (κ1) is 16.5. The molecule has 3 aromatic rings. The SMILES string of the molecule is O=C(Nc1ccc(F)cc1)c1c(-c2ccccc2)nc2n1CCS2(=O)=O. The van der Waals surface area contributed by atoms with Crippen molar-refractivity contribution < 1.29 is 17.6 Å². The highest BCUT2D eigenvalue weighted by Crippen LogP contribution is 2.30. The van der Waals surface area contributed by atoms with Gasteiger partial charge in [-0.3, -0.25) is 4.79 Å². The molecule has 0 aliphatic carbocycles. The number of nitrogens with one attached hydrogen (secondary N) is 1. The van der Waals surface area contributed by atoms with Gasteiger partial charge >= 0.3 is 0 Å². The molecule has 6 nitrogen and oxygen atoms in total. The molecule has 1 N–H and O–H groups in total. The van der Waals surface area contributed by atoms with E-state index in [1.54, 1.807) is 24.3 Å². The summed E-state index contributed by atoms with van der Waals surface area (Å²) in [6.07, 6.45) is 0. The van der Waals surface area contributed by atoms with Crippen LogP contribution in [-0.2, 0) is 16.4 Å². The number of carbonyl (C=O) groups is 1. The summed E-state index contributed by atoms with van der Waals surface area (Å²) in [6, 6.07) is 14.3. The zero-order chi connectivity index (χ0) is 18.3. The molecule has 0 fully saturated rings. The van der Waals surface area contributed by atoms with Gasteiger partial charge in [-0.1, -0.05) is 30.3 Å². The number of hydrogen-bond acceptors (Lipinski definition) is 4. The van der Waals surface area contributed by atoms with Crippen LogP contribution in [0, 0.1) is 5.82 Å². The van der Waals surface area contributed by atoms with E-state index in [2.05, 4.69) is 10.3 Å². The summed E-state index contributed by atoms with van der Waals surface area (Å²) in [5.41, 5.74) is 1.54. The molecule has 1 aromatic heterocycles. The van der Waals surface area contributed by atoms with Crippen molar-refractivity contribution in [3.8, 4) is 11.3 Å². The van der Waals surface area contributed by atoms with Crippen LogP contribution in [0.2, 0.25) is 0 Å². The maximum atomic E-state index is 13.1. The van der Waals surface area contributed by atoms with Gasteiger partial charge < -0.3 is 9.88 Å². The molecule has 1 aliphatic heterocycles. The normalized spacial score (nSPS) is 14.8. The van der Waals surface area contributed by atoms with Gasteiger partial charge in [-0.25, -0.2) is 17.8 Å². The summed E-state index contributed by atoms with van der Waals surface area (Å²) < 4.78 is 38.9. The van der Waals surface area contributed by atoms with Gasteiger partial charge in [0.2, 0.25) is 15.0 Å². The average molecular weight is 371 g/mol. The van der Waals surface area contributed by atoms with E-state index in [1.165, 1.54) is 28.8 Å². The first-order valence-corrected chi connectivity index (χ1v) is 9.56. The molecule has 0 radical (unpaired) electrons. The number of nitrogens with zero attached hydrogens (tertiary/aromatic N) is 2. The zero-order valence-corrected chi connectivity index (χ0v) is 14.3. The van der Waals surface area contributed by atoms with Gasteiger partial charge in [0.25, 0.3) is 5.91 Å². The van der Waals surface area contributed by atoms with Crippen molar-refractivity contribution in [3.05, 3.63) is 66.1 Å². The molecule has 2 heterocycles. The van der Waals surface area contributed by atoms with Gasteiger partial charge in [0.1, 0.15) is 17.2 Å². The monoisotopic (exact) mass is 371 g/mol. The second kappa shape index (κ2) is 6.06. The number of benzene rings is 2. The Balaban J connectivity index is 1.81. The molecule has 0 unspecified atom stereocenters. The van der Waals surface area contributed by atoms with Crippen molar-refractivity contribution in [2.45, 2.75) is 11.7 Å². The van der Waals surface area contributed by atoms with Gasteiger partial charge in [0.05, 0.1) is 5.75 Å². The van der Waals surface area contributed by atoms with E-state index in [9.17, 15) is 17.6 Å². The van der Waals surface area contributed by atoms with Crippen LogP contribution in [0.4, 0.5) is 10.1 Å². The van der Waals surface area contributed by atoms with Crippen molar-refractivity contribution in [2.24, 2.45) is 0 Å². The van der Waals surface area contributed by atoms with E-state index in [4.69, 9.17) is 0 Å². The number of rotatable bonds is 3. The lowest BCUT2D eigenvalue weighted by Gasteiger charge is -2.09. The van der Waals surface area contributed by atoms with E-state index in [0.29, 0.717) is 16.9 Å². The number of carbonyl (C=O) groups excluding carboxylic acids is 1. The summed E-state index contributed by atoms with van der Waals surface area (Å²) in [5.74, 6) is -0.989. The first-order chi connectivity index (χ1) is 12.5. The largest absolute Gasteiger partial charge is 0.321 e. The zero-order valence-electron chi connectivity index (χ0n) is 13.5. The highest BCUT2D eigenvalue weighted by atomic mass is 32.2. The van der Waals surface area contributed by atoms with Crippen molar-refractivity contribution in [1.29, 1.82) is 0 Å². The first-order valence-electron chi connectivity index (χ1n) is 7.91. The van der Waals surface area contributed by atoms with Gasteiger partial charge in [-0.2, -0.15) is 0 Å². The van der Waals surface area contributed by atoms with Gasteiger partial charge in [-0.05, 0) is 24.3 Å². The summed E-state index contributed by atoms with van der Waals surface area (Å²) in [6.45, 7) is 0.170. The number of imidazole rings is 1. The minimum absolute atomic E-state index is 0.0821. The van der Waals surface area contributed by atoms with Crippen molar-refractivity contribution in [3.63, 3.8) is 0 Å². The third-order valence-corrected chi connectivity index (χ3v) is 5.75. The third-order valence-electron chi connectivity index (χ3n) is 4.16. The Morgan fingerprint density at radius 3 is 2.46 bits per heavy atom. The lowest BCUT2D eigenvalue weighted by atomic mass is 10.1. The van der Waals surface area contributed by atoms with Gasteiger partial charge in [0, 0.05) is 17.8 Å². The number of fused-ring (bicyclic) bond motifs is 1. The summed E-state index contributed by atoms with van der Waals surface area (Å²) >= 11 is 0. The molecule has 0 saturated carbocycles. The van der Waals surface area contributed by atoms with Crippen LogP contribution in [0.3, 0.4) is 0 Å². The Hall–Kier alpha value is -3.00. The molecule has 2 aromatic carbocycles. The van der Waals surface area contributed by atoms with Crippen LogP contribution in [0.1, 0.15) is 10.5 Å². The molecule has 132 valence electrons. The minimum atomic E-state index is -3.50. The summed E-state index contributed by atoms with van der Waals surface area (Å²) in [5, 5.41) is 2.58. The summed E-state index contributed by atoms with van der Waals surface area (Å²) in [7, 11) is -3.50. The van der Waals surface area contributed by atoms with E-state index >= 15 is 0 Å². The Kier molecular flexibility index (Phi) is 3.84. The highest BCUT2D eigenvalue weighted by molar-refractivity contribution is 7.91. The molecule has 0 bridgehead atoms. The summed E-state index contributed by atoms with van der Waals surface area (Å²) in [4.78, 5) is 17.1. The Morgan fingerprint density at radius 2 is 1.77 bits per heavy atom. The molecule has 8 heteroatoms. The van der Waals surface area contributed by atoms with Crippen LogP contribution in [-0.4, -0.2) is 29.6 Å². The topological polar surface area (TPSA) is 81.1 Å². The van der Waals surface area contributed by atoms with E-state index < -0.39 is 21.6 Å². The molecule has 1 aliphatic rings. The van der Waals surface area contributed by atoms with E-state index in [0.717, 1.165) is 0 Å². The number of hydrogen-bond donors (Lipinski definition) is 1. The fraction of sp³-hybridized carbons (Fsp3) is 0.111. The number of sulfone groups is 1. The fourth-order valence-corrected chi connectivity index (χ4v) is 4.29. The standard InChI is InChI=1S/C18H14FN3O3S/c19-13-6-8-14(9-7-13)20-17(23)16-15(12-4-2-1-3-5-12)21-18-22(16)10-11-26(18,24)25/h1-9H,10-11H2,(H,20,23). The van der Waals surface area contributed by atoms with Crippen LogP contribution >= 0.6 is 0 Å². The lowest BCUT2D eigenvalue weighted by Crippen LogP contribution is -2.17. The molecular weight excluding hydrogens is 357 g/mol. The number of anilines is 1. The Morgan fingerprint density at radius 1 is 1.08 bits per heavy atom. The third kappa shape index (κ3) is 2.78. The van der Waals surface area contributed by atoms with Gasteiger partial charge in [-0.15, -0.1) is 0 Å². The fourth-order valence-electron chi connectivity index (χ4n) is 2.93. The van der Waals surface area contributed by atoms with Crippen LogP contribution in [0.5, 0.6) is 0 Å². The highest BCUT2D eigenvalue weighted by Gasteiger charge is 2.35. The number of halogens is 1. The predicted molar refractivity (Wildman–Crippen MR) is 94.1 cm³/mol. The lowest BCUT2D eigenvalue weighted by molar-refractivity contribution is 0.101. The predicted octanol–water partition coefficient (Wildman–Crippen LogP) is 2.73. The second-order valence-electron chi connectivity index (χ2n) is 5.89. The maximum Gasteiger partial charge on any atom is 0.274 e. The molecule has 1 amide bonds. The second-order valence-corrected chi connectivity index (χ2v) is 7.89. The van der Waals surface area contributed by atoms with E-state index in [-0.39, 0.29) is 23.1 Å². The Labute approximate surface area is 149 Å². The molecule has 26 heavy (non-hydrogen) atoms. The van der Waals surface area contributed by atoms with Crippen LogP contribution in [0.15, 0.2) is 59.8 Å². The molecule has 0 spiro atoms.